The highest BCUT2D eigenvalue weighted by Gasteiger charge is 2.17. The molecular formula is C13H19ClN2O2. The fourth-order valence-corrected chi connectivity index (χ4v) is 1.76. The molecule has 0 fully saturated rings. The highest BCUT2D eigenvalue weighted by Crippen LogP contribution is 2.32. The number of nitrogens with one attached hydrogen (secondary N) is 1. The van der Waals surface area contributed by atoms with E-state index in [4.69, 9.17) is 22.2 Å². The van der Waals surface area contributed by atoms with E-state index >= 15 is 0 Å². The Bertz CT molecular complexity index is 447. The number of carbonyl (C=O) groups excluding carboxylic acids is 1. The predicted octanol–water partition coefficient (Wildman–Crippen LogP) is 2.53. The maximum atomic E-state index is 11.4. The first-order chi connectivity index (χ1) is 8.36. The molecule has 1 atom stereocenters. The molecule has 1 aromatic carbocycles. The maximum absolute atomic E-state index is 11.4. The molecule has 0 aromatic heterocycles. The second kappa shape index (κ2) is 6.07. The van der Waals surface area contributed by atoms with Gasteiger partial charge in [0.15, 0.2) is 6.10 Å². The first kappa shape index (κ1) is 14.8. The van der Waals surface area contributed by atoms with Gasteiger partial charge in [0.25, 0.3) is 5.91 Å². The average Bonchev–Trinajstić information content (AvgIpc) is 2.31. The minimum Gasteiger partial charge on any atom is -0.481 e. The molecule has 0 saturated carbocycles. The molecule has 0 aliphatic heterocycles. The second-order valence-electron chi connectivity index (χ2n) is 4.56. The molecule has 0 saturated heterocycles. The molecule has 0 spiro atoms. The summed E-state index contributed by atoms with van der Waals surface area (Å²) in [4.78, 5) is 11.4. The summed E-state index contributed by atoms with van der Waals surface area (Å²) in [5.74, 6) is 5.64. The van der Waals surface area contributed by atoms with Crippen LogP contribution in [-0.2, 0) is 4.79 Å². The van der Waals surface area contributed by atoms with Gasteiger partial charge in [-0.3, -0.25) is 10.2 Å². The van der Waals surface area contributed by atoms with Crippen LogP contribution in [0.25, 0.3) is 0 Å². The number of aryl methyl sites for hydroxylation is 1. The molecule has 1 rings (SSSR count). The van der Waals surface area contributed by atoms with Crippen LogP contribution in [0.3, 0.4) is 0 Å². The number of amides is 1. The summed E-state index contributed by atoms with van der Waals surface area (Å²) in [6.45, 7) is 7.63. The summed E-state index contributed by atoms with van der Waals surface area (Å²) in [6.07, 6.45) is -0.645. The van der Waals surface area contributed by atoms with Gasteiger partial charge in [-0.1, -0.05) is 25.4 Å². The molecule has 5 heteroatoms. The molecule has 1 amide bonds. The van der Waals surface area contributed by atoms with E-state index in [9.17, 15) is 4.79 Å². The first-order valence-electron chi connectivity index (χ1n) is 5.84. The van der Waals surface area contributed by atoms with Crippen LogP contribution in [0.5, 0.6) is 5.75 Å². The predicted molar refractivity (Wildman–Crippen MR) is 72.7 cm³/mol. The topological polar surface area (TPSA) is 64.3 Å². The minimum atomic E-state index is -0.645. The molecule has 1 unspecified atom stereocenters. The molecule has 0 bridgehead atoms. The zero-order chi connectivity index (χ0) is 13.9. The van der Waals surface area contributed by atoms with Crippen molar-refractivity contribution in [3.05, 3.63) is 28.3 Å². The molecular weight excluding hydrogens is 252 g/mol. The number of hydrazine groups is 1. The smallest absolute Gasteiger partial charge is 0.274 e. The lowest BCUT2D eigenvalue weighted by Gasteiger charge is -2.19. The van der Waals surface area contributed by atoms with Gasteiger partial charge >= 0.3 is 0 Å². The third-order valence-corrected chi connectivity index (χ3v) is 3.14. The lowest BCUT2D eigenvalue weighted by molar-refractivity contribution is -0.127. The molecule has 1 aromatic rings. The van der Waals surface area contributed by atoms with Crippen LogP contribution in [0, 0.1) is 6.92 Å². The Morgan fingerprint density at radius 3 is 2.50 bits per heavy atom. The summed E-state index contributed by atoms with van der Waals surface area (Å²) >= 11 is 6.10. The van der Waals surface area contributed by atoms with Crippen LogP contribution in [0.4, 0.5) is 0 Å². The first-order valence-corrected chi connectivity index (χ1v) is 6.21. The van der Waals surface area contributed by atoms with Gasteiger partial charge in [-0.25, -0.2) is 5.84 Å². The number of ether oxygens (including phenoxy) is 1. The van der Waals surface area contributed by atoms with Gasteiger partial charge in [0, 0.05) is 5.02 Å². The van der Waals surface area contributed by atoms with Crippen LogP contribution in [-0.4, -0.2) is 12.0 Å². The van der Waals surface area contributed by atoms with E-state index in [1.807, 2.05) is 32.9 Å². The number of hydrogen-bond donors (Lipinski definition) is 2. The van der Waals surface area contributed by atoms with Gasteiger partial charge in [-0.15, -0.1) is 0 Å². The van der Waals surface area contributed by atoms with E-state index in [2.05, 4.69) is 5.43 Å². The summed E-state index contributed by atoms with van der Waals surface area (Å²) in [5, 5.41) is 0.696. The van der Waals surface area contributed by atoms with Crippen molar-refractivity contribution < 1.29 is 9.53 Å². The van der Waals surface area contributed by atoms with Gasteiger partial charge in [0.2, 0.25) is 0 Å². The largest absolute Gasteiger partial charge is 0.481 e. The normalized spacial score (nSPS) is 12.4. The highest BCUT2D eigenvalue weighted by atomic mass is 35.5. The number of benzene rings is 1. The highest BCUT2D eigenvalue weighted by molar-refractivity contribution is 6.31. The summed E-state index contributed by atoms with van der Waals surface area (Å²) in [6, 6.07) is 3.72. The third-order valence-electron chi connectivity index (χ3n) is 2.73. The van der Waals surface area contributed by atoms with Gasteiger partial charge in [-0.05, 0) is 43.0 Å². The van der Waals surface area contributed by atoms with E-state index in [-0.39, 0.29) is 11.8 Å². The van der Waals surface area contributed by atoms with E-state index < -0.39 is 6.10 Å². The Kier molecular flexibility index (Phi) is 4.99. The molecule has 0 radical (unpaired) electrons. The lowest BCUT2D eigenvalue weighted by atomic mass is 10.0. The van der Waals surface area contributed by atoms with E-state index in [0.29, 0.717) is 10.8 Å². The van der Waals surface area contributed by atoms with E-state index in [0.717, 1.165) is 11.1 Å². The van der Waals surface area contributed by atoms with Crippen LogP contribution in [0.2, 0.25) is 5.02 Å². The Morgan fingerprint density at radius 2 is 2.00 bits per heavy atom. The monoisotopic (exact) mass is 270 g/mol. The zero-order valence-electron chi connectivity index (χ0n) is 11.1. The van der Waals surface area contributed by atoms with Crippen molar-refractivity contribution in [1.82, 2.24) is 5.43 Å². The Labute approximate surface area is 112 Å². The Morgan fingerprint density at radius 1 is 1.39 bits per heavy atom. The van der Waals surface area contributed by atoms with Gasteiger partial charge in [-0.2, -0.15) is 0 Å². The number of carbonyl (C=O) groups is 1. The molecule has 18 heavy (non-hydrogen) atoms. The number of nitrogens with two attached hydrogens (primary N) is 1. The van der Waals surface area contributed by atoms with Gasteiger partial charge < -0.3 is 4.74 Å². The molecule has 0 heterocycles. The number of hydrogen-bond acceptors (Lipinski definition) is 3. The van der Waals surface area contributed by atoms with E-state index in [1.54, 1.807) is 6.92 Å². The quantitative estimate of drug-likeness (QED) is 0.502. The standard InChI is InChI=1S/C13H19ClN2O2/c1-7(2)10-6-11(14)8(3)5-12(10)18-9(4)13(17)16-15/h5-7,9H,15H2,1-4H3,(H,16,17). The molecule has 3 N–H and O–H groups in total. The van der Waals surface area contributed by atoms with Crippen molar-refractivity contribution in [2.24, 2.45) is 5.84 Å². The third kappa shape index (κ3) is 3.37. The van der Waals surface area contributed by atoms with Crippen molar-refractivity contribution in [2.45, 2.75) is 39.7 Å². The van der Waals surface area contributed by atoms with Crippen molar-refractivity contribution in [2.75, 3.05) is 0 Å². The van der Waals surface area contributed by atoms with Crippen molar-refractivity contribution in [1.29, 1.82) is 0 Å². The van der Waals surface area contributed by atoms with Crippen molar-refractivity contribution in [3.8, 4) is 5.75 Å². The van der Waals surface area contributed by atoms with Gasteiger partial charge in [0.1, 0.15) is 5.75 Å². The number of halogens is 1. The Balaban J connectivity index is 3.07. The van der Waals surface area contributed by atoms with Crippen LogP contribution in [0.15, 0.2) is 12.1 Å². The molecule has 0 aliphatic carbocycles. The SMILES string of the molecule is Cc1cc(OC(C)C(=O)NN)c(C(C)C)cc1Cl. The summed E-state index contributed by atoms with van der Waals surface area (Å²) < 4.78 is 5.64. The van der Waals surface area contributed by atoms with Crippen LogP contribution in [0.1, 0.15) is 37.8 Å². The fraction of sp³-hybridized carbons (Fsp3) is 0.462. The lowest BCUT2D eigenvalue weighted by Crippen LogP contribution is -2.40. The second-order valence-corrected chi connectivity index (χ2v) is 4.97. The maximum Gasteiger partial charge on any atom is 0.274 e. The van der Waals surface area contributed by atoms with Crippen LogP contribution >= 0.6 is 11.6 Å². The van der Waals surface area contributed by atoms with Crippen LogP contribution < -0.4 is 16.0 Å². The molecule has 100 valence electrons. The number of rotatable bonds is 4. The Hall–Kier alpha value is -1.26. The summed E-state index contributed by atoms with van der Waals surface area (Å²) in [7, 11) is 0. The minimum absolute atomic E-state index is 0.256. The van der Waals surface area contributed by atoms with Crippen molar-refractivity contribution in [3.63, 3.8) is 0 Å². The van der Waals surface area contributed by atoms with Gasteiger partial charge in [0.05, 0.1) is 0 Å². The fourth-order valence-electron chi connectivity index (χ4n) is 1.58. The molecule has 4 nitrogen and oxygen atoms in total. The van der Waals surface area contributed by atoms with E-state index in [1.165, 1.54) is 0 Å². The summed E-state index contributed by atoms with van der Waals surface area (Å²) in [5.41, 5.74) is 3.96. The molecule has 0 aliphatic rings. The zero-order valence-corrected chi connectivity index (χ0v) is 11.8. The van der Waals surface area contributed by atoms with Crippen molar-refractivity contribution >= 4 is 17.5 Å². The average molecular weight is 271 g/mol.